The highest BCUT2D eigenvalue weighted by molar-refractivity contribution is 5.95. The Hall–Kier alpha value is -3.75. The molecular formula is C20H18N4O5. The molecule has 0 aliphatic carbocycles. The molecule has 2 aromatic carbocycles. The first-order valence-electron chi connectivity index (χ1n) is 9.10. The van der Waals surface area contributed by atoms with Crippen LogP contribution in [0.5, 0.6) is 5.75 Å². The third-order valence-corrected chi connectivity index (χ3v) is 4.87. The van der Waals surface area contributed by atoms with Gasteiger partial charge in [-0.2, -0.15) is 4.98 Å². The van der Waals surface area contributed by atoms with Gasteiger partial charge in [0.1, 0.15) is 11.8 Å². The van der Waals surface area contributed by atoms with E-state index >= 15 is 0 Å². The van der Waals surface area contributed by atoms with Crippen molar-refractivity contribution in [3.63, 3.8) is 0 Å². The second-order valence-electron chi connectivity index (χ2n) is 6.65. The van der Waals surface area contributed by atoms with Crippen molar-refractivity contribution in [2.75, 3.05) is 13.7 Å². The summed E-state index contributed by atoms with van der Waals surface area (Å²) in [5.41, 5.74) is 0.886. The van der Waals surface area contributed by atoms with Gasteiger partial charge in [-0.25, -0.2) is 0 Å². The Labute approximate surface area is 166 Å². The van der Waals surface area contributed by atoms with Gasteiger partial charge in [0, 0.05) is 29.8 Å². The van der Waals surface area contributed by atoms with Crippen molar-refractivity contribution in [1.29, 1.82) is 0 Å². The highest BCUT2D eigenvalue weighted by Gasteiger charge is 2.35. The summed E-state index contributed by atoms with van der Waals surface area (Å²) in [6, 6.07) is 12.6. The lowest BCUT2D eigenvalue weighted by atomic mass is 10.1. The number of nitro benzene ring substituents is 1. The number of amides is 1. The van der Waals surface area contributed by atoms with Crippen LogP contribution in [0.1, 0.15) is 35.1 Å². The van der Waals surface area contributed by atoms with Crippen LogP contribution in [-0.4, -0.2) is 39.5 Å². The molecule has 0 bridgehead atoms. The van der Waals surface area contributed by atoms with Crippen molar-refractivity contribution >= 4 is 11.6 Å². The van der Waals surface area contributed by atoms with Crippen LogP contribution in [0.15, 0.2) is 53.1 Å². The maximum Gasteiger partial charge on any atom is 0.270 e. The number of carbonyl (C=O) groups excluding carboxylic acids is 1. The molecule has 9 nitrogen and oxygen atoms in total. The van der Waals surface area contributed by atoms with E-state index in [9.17, 15) is 14.9 Å². The molecule has 1 fully saturated rings. The van der Waals surface area contributed by atoms with Gasteiger partial charge in [-0.15, -0.1) is 0 Å². The van der Waals surface area contributed by atoms with Crippen LogP contribution in [-0.2, 0) is 0 Å². The second kappa shape index (κ2) is 7.70. The zero-order valence-electron chi connectivity index (χ0n) is 15.6. The third-order valence-electron chi connectivity index (χ3n) is 4.87. The molecule has 0 spiro atoms. The standard InChI is InChI=1S/C20H18N4O5/c1-28-16-8-3-5-13(12-16)18-21-19(29-22-18)17-9-4-10-23(17)20(25)14-6-2-7-15(11-14)24(26)27/h2-3,5-8,11-12,17H,4,9-10H2,1H3/t17-/m0/s1. The van der Waals surface area contributed by atoms with E-state index in [-0.39, 0.29) is 23.2 Å². The minimum absolute atomic E-state index is 0.121. The summed E-state index contributed by atoms with van der Waals surface area (Å²) in [5, 5.41) is 15.0. The fraction of sp³-hybridized carbons (Fsp3) is 0.250. The molecule has 0 unspecified atom stereocenters. The van der Waals surface area contributed by atoms with Crippen LogP contribution in [0.3, 0.4) is 0 Å². The van der Waals surface area contributed by atoms with Crippen LogP contribution < -0.4 is 4.74 Å². The molecule has 1 saturated heterocycles. The summed E-state index contributed by atoms with van der Waals surface area (Å²) >= 11 is 0. The Morgan fingerprint density at radius 2 is 2.10 bits per heavy atom. The van der Waals surface area contributed by atoms with Crippen LogP contribution in [0.4, 0.5) is 5.69 Å². The molecule has 1 amide bonds. The van der Waals surface area contributed by atoms with Crippen molar-refractivity contribution < 1.29 is 19.0 Å². The second-order valence-corrected chi connectivity index (χ2v) is 6.65. The Bertz CT molecular complexity index is 1060. The Morgan fingerprint density at radius 3 is 2.90 bits per heavy atom. The average molecular weight is 394 g/mol. The van der Waals surface area contributed by atoms with Crippen molar-refractivity contribution in [3.8, 4) is 17.1 Å². The van der Waals surface area contributed by atoms with E-state index in [2.05, 4.69) is 10.1 Å². The van der Waals surface area contributed by atoms with Gasteiger partial charge >= 0.3 is 0 Å². The first-order chi connectivity index (χ1) is 14.1. The lowest BCUT2D eigenvalue weighted by Crippen LogP contribution is -2.30. The van der Waals surface area contributed by atoms with E-state index in [4.69, 9.17) is 9.26 Å². The number of carbonyl (C=O) groups is 1. The van der Waals surface area contributed by atoms with Gasteiger partial charge in [0.2, 0.25) is 11.7 Å². The molecule has 148 valence electrons. The van der Waals surface area contributed by atoms with E-state index in [0.717, 1.165) is 12.0 Å². The molecule has 9 heteroatoms. The number of aromatic nitrogens is 2. The van der Waals surface area contributed by atoms with Crippen LogP contribution in [0, 0.1) is 10.1 Å². The minimum atomic E-state index is -0.517. The van der Waals surface area contributed by atoms with Gasteiger partial charge < -0.3 is 14.2 Å². The normalized spacial score (nSPS) is 16.0. The molecule has 1 aromatic heterocycles. The summed E-state index contributed by atoms with van der Waals surface area (Å²) in [6.07, 6.45) is 1.46. The Kier molecular flexibility index (Phi) is 4.94. The minimum Gasteiger partial charge on any atom is -0.497 e. The summed E-state index contributed by atoms with van der Waals surface area (Å²) in [4.78, 5) is 29.6. The number of benzene rings is 2. The number of non-ortho nitro benzene ring substituents is 1. The van der Waals surface area contributed by atoms with Crippen molar-refractivity contribution in [2.45, 2.75) is 18.9 Å². The SMILES string of the molecule is COc1cccc(-c2noc([C@@H]3CCCN3C(=O)c3cccc([N+](=O)[O-])c3)n2)c1. The predicted molar refractivity (Wildman–Crippen MR) is 102 cm³/mol. The number of rotatable bonds is 5. The van der Waals surface area contributed by atoms with Gasteiger partial charge in [-0.1, -0.05) is 23.4 Å². The largest absolute Gasteiger partial charge is 0.497 e. The lowest BCUT2D eigenvalue weighted by Gasteiger charge is -2.21. The highest BCUT2D eigenvalue weighted by Crippen LogP contribution is 2.34. The molecular weight excluding hydrogens is 376 g/mol. The molecule has 0 radical (unpaired) electrons. The topological polar surface area (TPSA) is 112 Å². The van der Waals surface area contributed by atoms with E-state index in [1.54, 1.807) is 24.1 Å². The molecule has 4 rings (SSSR count). The summed E-state index contributed by atoms with van der Waals surface area (Å²) in [6.45, 7) is 0.517. The molecule has 1 atom stereocenters. The average Bonchev–Trinajstić information content (AvgIpc) is 3.42. The zero-order valence-corrected chi connectivity index (χ0v) is 15.6. The smallest absolute Gasteiger partial charge is 0.270 e. The molecule has 1 aliphatic rings. The molecule has 0 saturated carbocycles. The fourth-order valence-electron chi connectivity index (χ4n) is 3.43. The van der Waals surface area contributed by atoms with E-state index in [0.29, 0.717) is 30.4 Å². The number of likely N-dealkylation sites (tertiary alicyclic amines) is 1. The first-order valence-corrected chi connectivity index (χ1v) is 9.10. The van der Waals surface area contributed by atoms with E-state index < -0.39 is 4.92 Å². The van der Waals surface area contributed by atoms with Gasteiger partial charge in [-0.05, 0) is 31.0 Å². The van der Waals surface area contributed by atoms with Crippen molar-refractivity contribution in [3.05, 3.63) is 70.1 Å². The van der Waals surface area contributed by atoms with E-state index in [1.165, 1.54) is 18.2 Å². The number of nitrogens with zero attached hydrogens (tertiary/aromatic N) is 4. The van der Waals surface area contributed by atoms with Gasteiger partial charge in [-0.3, -0.25) is 14.9 Å². The van der Waals surface area contributed by atoms with Gasteiger partial charge in [0.15, 0.2) is 0 Å². The first kappa shape index (κ1) is 18.6. The zero-order chi connectivity index (χ0) is 20.4. The number of hydrogen-bond donors (Lipinski definition) is 0. The lowest BCUT2D eigenvalue weighted by molar-refractivity contribution is -0.384. The van der Waals surface area contributed by atoms with Crippen molar-refractivity contribution in [1.82, 2.24) is 15.0 Å². The monoisotopic (exact) mass is 394 g/mol. The maximum atomic E-state index is 13.0. The van der Waals surface area contributed by atoms with Crippen molar-refractivity contribution in [2.24, 2.45) is 0 Å². The molecule has 1 aliphatic heterocycles. The third kappa shape index (κ3) is 3.66. The number of ether oxygens (including phenoxy) is 1. The van der Waals surface area contributed by atoms with Gasteiger partial charge in [0.25, 0.3) is 11.6 Å². The maximum absolute atomic E-state index is 13.0. The Balaban J connectivity index is 1.59. The van der Waals surface area contributed by atoms with Crippen LogP contribution >= 0.6 is 0 Å². The fourth-order valence-corrected chi connectivity index (χ4v) is 3.43. The number of methoxy groups -OCH3 is 1. The predicted octanol–water partition coefficient (Wildman–Crippen LogP) is 3.63. The molecule has 2 heterocycles. The molecule has 29 heavy (non-hydrogen) atoms. The van der Waals surface area contributed by atoms with Gasteiger partial charge in [0.05, 0.1) is 12.0 Å². The number of nitro groups is 1. The summed E-state index contributed by atoms with van der Waals surface area (Å²) < 4.78 is 10.7. The molecule has 3 aromatic rings. The quantitative estimate of drug-likeness (QED) is 0.480. The van der Waals surface area contributed by atoms with E-state index in [1.807, 2.05) is 18.2 Å². The van der Waals surface area contributed by atoms with Crippen LogP contribution in [0.25, 0.3) is 11.4 Å². The van der Waals surface area contributed by atoms with Crippen LogP contribution in [0.2, 0.25) is 0 Å². The summed E-state index contributed by atoms with van der Waals surface area (Å²) in [5.74, 6) is 1.14. The summed E-state index contributed by atoms with van der Waals surface area (Å²) in [7, 11) is 1.58. The highest BCUT2D eigenvalue weighted by atomic mass is 16.6. The Morgan fingerprint density at radius 1 is 1.28 bits per heavy atom. The molecule has 0 N–H and O–H groups in total. The number of hydrogen-bond acceptors (Lipinski definition) is 7.